The molecule has 1 heterocycles. The van der Waals surface area contributed by atoms with Crippen LogP contribution in [0.1, 0.15) is 12.0 Å². The second kappa shape index (κ2) is 6.12. The summed E-state index contributed by atoms with van der Waals surface area (Å²) in [5.41, 5.74) is 1.67. The number of carboxylic acids is 1. The topological polar surface area (TPSA) is 66.8 Å². The molecule has 0 saturated carbocycles. The third kappa shape index (κ3) is 3.18. The molecular weight excluding hydrogens is 294 g/mol. The number of carbonyl (C=O) groups is 2. The highest BCUT2D eigenvalue weighted by atomic mass is 16.5. The minimum atomic E-state index is -0.946. The van der Waals surface area contributed by atoms with Gasteiger partial charge in [0, 0.05) is 13.0 Å². The van der Waals surface area contributed by atoms with Gasteiger partial charge in [-0.15, -0.1) is 0 Å². The van der Waals surface area contributed by atoms with Crippen LogP contribution in [0.25, 0.3) is 0 Å². The molecule has 2 aromatic rings. The molecule has 2 aromatic carbocycles. The predicted molar refractivity (Wildman–Crippen MR) is 85.8 cm³/mol. The van der Waals surface area contributed by atoms with Gasteiger partial charge in [-0.3, -0.25) is 9.59 Å². The molecule has 0 aliphatic carbocycles. The number of rotatable bonds is 4. The smallest absolute Gasteiger partial charge is 0.308 e. The Kier molecular flexibility index (Phi) is 4.02. The summed E-state index contributed by atoms with van der Waals surface area (Å²) < 4.78 is 5.91. The van der Waals surface area contributed by atoms with Crippen LogP contribution in [0.4, 0.5) is 5.69 Å². The lowest BCUT2D eigenvalue weighted by molar-refractivity contribution is -0.141. The standard InChI is InChI=1S/C18H17NO4/c1-12-5-4-6-14(9-12)23-16-8-3-2-7-15(16)19-11-13(18(21)22)10-17(19)20/h2-9,13H,10-11H2,1H3,(H,21,22). The zero-order chi connectivity index (χ0) is 16.4. The average molecular weight is 311 g/mol. The summed E-state index contributed by atoms with van der Waals surface area (Å²) in [7, 11) is 0. The van der Waals surface area contributed by atoms with Crippen molar-refractivity contribution in [1.29, 1.82) is 0 Å². The second-order valence-corrected chi connectivity index (χ2v) is 5.63. The molecule has 0 radical (unpaired) electrons. The Bertz CT molecular complexity index is 756. The molecule has 1 N–H and O–H groups in total. The second-order valence-electron chi connectivity index (χ2n) is 5.63. The van der Waals surface area contributed by atoms with Gasteiger partial charge < -0.3 is 14.7 Å². The fraction of sp³-hybridized carbons (Fsp3) is 0.222. The predicted octanol–water partition coefficient (Wildman–Crippen LogP) is 3.22. The first-order valence-electron chi connectivity index (χ1n) is 7.41. The normalized spacial score (nSPS) is 17.3. The van der Waals surface area contributed by atoms with Crippen LogP contribution in [0, 0.1) is 12.8 Å². The maximum Gasteiger partial charge on any atom is 0.308 e. The van der Waals surface area contributed by atoms with Crippen LogP contribution >= 0.6 is 0 Å². The van der Waals surface area contributed by atoms with Gasteiger partial charge in [0.2, 0.25) is 5.91 Å². The molecule has 0 aromatic heterocycles. The summed E-state index contributed by atoms with van der Waals surface area (Å²) in [6.45, 7) is 2.14. The van der Waals surface area contributed by atoms with Crippen LogP contribution in [0.5, 0.6) is 11.5 Å². The van der Waals surface area contributed by atoms with Gasteiger partial charge >= 0.3 is 5.97 Å². The highest BCUT2D eigenvalue weighted by Gasteiger charge is 2.36. The number of ether oxygens (including phenoxy) is 1. The van der Waals surface area contributed by atoms with Crippen molar-refractivity contribution < 1.29 is 19.4 Å². The van der Waals surface area contributed by atoms with Crippen molar-refractivity contribution in [3.05, 3.63) is 54.1 Å². The largest absolute Gasteiger partial charge is 0.481 e. The van der Waals surface area contributed by atoms with E-state index in [0.717, 1.165) is 5.56 Å². The number of carbonyl (C=O) groups excluding carboxylic acids is 1. The van der Waals surface area contributed by atoms with Gasteiger partial charge in [0.1, 0.15) is 5.75 Å². The van der Waals surface area contributed by atoms with Crippen LogP contribution < -0.4 is 9.64 Å². The Morgan fingerprint density at radius 3 is 2.70 bits per heavy atom. The zero-order valence-electron chi connectivity index (χ0n) is 12.7. The van der Waals surface area contributed by atoms with E-state index in [2.05, 4.69) is 0 Å². The van der Waals surface area contributed by atoms with E-state index >= 15 is 0 Å². The number of nitrogens with zero attached hydrogens (tertiary/aromatic N) is 1. The van der Waals surface area contributed by atoms with Crippen molar-refractivity contribution >= 4 is 17.6 Å². The van der Waals surface area contributed by atoms with Crippen molar-refractivity contribution in [2.24, 2.45) is 5.92 Å². The number of anilines is 1. The molecule has 1 unspecified atom stereocenters. The van der Waals surface area contributed by atoms with E-state index < -0.39 is 11.9 Å². The quantitative estimate of drug-likeness (QED) is 0.941. The molecule has 1 saturated heterocycles. The number of hydrogen-bond donors (Lipinski definition) is 1. The monoisotopic (exact) mass is 311 g/mol. The van der Waals surface area contributed by atoms with Gasteiger partial charge in [-0.1, -0.05) is 24.3 Å². The molecule has 5 nitrogen and oxygen atoms in total. The van der Waals surface area contributed by atoms with E-state index in [1.54, 1.807) is 18.2 Å². The Labute approximate surface area is 134 Å². The first-order valence-corrected chi connectivity index (χ1v) is 7.41. The van der Waals surface area contributed by atoms with E-state index in [1.165, 1.54) is 4.90 Å². The first kappa shape index (κ1) is 15.1. The fourth-order valence-corrected chi connectivity index (χ4v) is 2.68. The van der Waals surface area contributed by atoms with Gasteiger partial charge in [0.05, 0.1) is 11.6 Å². The molecule has 1 atom stereocenters. The number of aliphatic carboxylic acids is 1. The van der Waals surface area contributed by atoms with Crippen molar-refractivity contribution in [3.63, 3.8) is 0 Å². The number of para-hydroxylation sites is 2. The first-order chi connectivity index (χ1) is 11.0. The summed E-state index contributed by atoms with van der Waals surface area (Å²) >= 11 is 0. The Balaban J connectivity index is 1.89. The lowest BCUT2D eigenvalue weighted by atomic mass is 10.1. The molecule has 1 fully saturated rings. The maximum atomic E-state index is 12.2. The third-order valence-electron chi connectivity index (χ3n) is 3.85. The highest BCUT2D eigenvalue weighted by molar-refractivity contribution is 6.00. The fourth-order valence-electron chi connectivity index (χ4n) is 2.68. The number of amides is 1. The number of benzene rings is 2. The van der Waals surface area contributed by atoms with Crippen LogP contribution in [0.15, 0.2) is 48.5 Å². The van der Waals surface area contributed by atoms with Crippen molar-refractivity contribution in [2.45, 2.75) is 13.3 Å². The number of aryl methyl sites for hydroxylation is 1. The molecule has 118 valence electrons. The Morgan fingerprint density at radius 1 is 1.22 bits per heavy atom. The highest BCUT2D eigenvalue weighted by Crippen LogP contribution is 2.35. The van der Waals surface area contributed by atoms with Crippen LogP contribution in [0.2, 0.25) is 0 Å². The Morgan fingerprint density at radius 2 is 2.00 bits per heavy atom. The molecule has 3 rings (SSSR count). The molecule has 23 heavy (non-hydrogen) atoms. The molecular formula is C18H17NO4. The number of carboxylic acid groups (broad SMARTS) is 1. The molecule has 0 spiro atoms. The lowest BCUT2D eigenvalue weighted by Gasteiger charge is -2.20. The minimum Gasteiger partial charge on any atom is -0.481 e. The summed E-state index contributed by atoms with van der Waals surface area (Å²) in [6, 6.07) is 14.8. The number of hydrogen-bond acceptors (Lipinski definition) is 3. The molecule has 5 heteroatoms. The van der Waals surface area contributed by atoms with Crippen LogP contribution in [-0.4, -0.2) is 23.5 Å². The molecule has 1 aliphatic heterocycles. The van der Waals surface area contributed by atoms with Crippen molar-refractivity contribution in [1.82, 2.24) is 0 Å². The molecule has 0 bridgehead atoms. The van der Waals surface area contributed by atoms with Gasteiger partial charge in [-0.25, -0.2) is 0 Å². The van der Waals surface area contributed by atoms with E-state index in [-0.39, 0.29) is 18.9 Å². The molecule has 1 aliphatic rings. The van der Waals surface area contributed by atoms with Crippen molar-refractivity contribution in [3.8, 4) is 11.5 Å². The molecule has 1 amide bonds. The summed E-state index contributed by atoms with van der Waals surface area (Å²) in [5, 5.41) is 9.12. The zero-order valence-corrected chi connectivity index (χ0v) is 12.7. The van der Waals surface area contributed by atoms with E-state index in [0.29, 0.717) is 17.2 Å². The third-order valence-corrected chi connectivity index (χ3v) is 3.85. The van der Waals surface area contributed by atoms with E-state index in [9.17, 15) is 9.59 Å². The van der Waals surface area contributed by atoms with Gasteiger partial charge in [0.25, 0.3) is 0 Å². The summed E-state index contributed by atoms with van der Waals surface area (Å²) in [6.07, 6.45) is 0.0219. The maximum absolute atomic E-state index is 12.2. The van der Waals surface area contributed by atoms with E-state index in [1.807, 2.05) is 37.3 Å². The van der Waals surface area contributed by atoms with Gasteiger partial charge in [-0.05, 0) is 36.8 Å². The average Bonchev–Trinajstić information content (AvgIpc) is 2.90. The summed E-state index contributed by atoms with van der Waals surface area (Å²) in [5.74, 6) is -0.596. The minimum absolute atomic E-state index is 0.0219. The lowest BCUT2D eigenvalue weighted by Crippen LogP contribution is -2.26. The van der Waals surface area contributed by atoms with Gasteiger partial charge in [0.15, 0.2) is 5.75 Å². The van der Waals surface area contributed by atoms with Crippen LogP contribution in [-0.2, 0) is 9.59 Å². The van der Waals surface area contributed by atoms with Crippen molar-refractivity contribution in [2.75, 3.05) is 11.4 Å². The van der Waals surface area contributed by atoms with E-state index in [4.69, 9.17) is 9.84 Å². The van der Waals surface area contributed by atoms with Crippen LogP contribution in [0.3, 0.4) is 0 Å². The SMILES string of the molecule is Cc1cccc(Oc2ccccc2N2CC(C(=O)O)CC2=O)c1. The summed E-state index contributed by atoms with van der Waals surface area (Å²) in [4.78, 5) is 24.8. The Hall–Kier alpha value is -2.82. The van der Waals surface area contributed by atoms with Gasteiger partial charge in [-0.2, -0.15) is 0 Å².